The van der Waals surface area contributed by atoms with E-state index in [1.165, 1.54) is 36.4 Å². The highest BCUT2D eigenvalue weighted by Gasteiger charge is 2.22. The van der Waals surface area contributed by atoms with E-state index in [0.29, 0.717) is 11.4 Å². The molecule has 0 aliphatic heterocycles. The third kappa shape index (κ3) is 1.89. The van der Waals surface area contributed by atoms with Crippen LogP contribution in [-0.4, -0.2) is 0 Å². The van der Waals surface area contributed by atoms with Crippen LogP contribution in [0.15, 0.2) is 55.6 Å². The Hall–Kier alpha value is -3.58. The van der Waals surface area contributed by atoms with Crippen LogP contribution in [0.1, 0.15) is 0 Å². The lowest BCUT2D eigenvalue weighted by atomic mass is 10.0. The summed E-state index contributed by atoms with van der Waals surface area (Å²) in [5.41, 5.74) is 10.5. The maximum absolute atomic E-state index is 13.1. The van der Waals surface area contributed by atoms with E-state index < -0.39 is 16.3 Å². The SMILES string of the molecule is Nc1ccc2c(=O)c3c(sc4c(=O)c5ccc(N)cc5c(=O)c43)c(=O)c2c1. The zero-order valence-electron chi connectivity index (χ0n) is 13.7. The van der Waals surface area contributed by atoms with E-state index in [2.05, 4.69) is 0 Å². The van der Waals surface area contributed by atoms with E-state index in [1.807, 2.05) is 0 Å². The summed E-state index contributed by atoms with van der Waals surface area (Å²) in [7, 11) is 0. The number of thiophene rings is 1. The summed E-state index contributed by atoms with van der Waals surface area (Å²) < 4.78 is 0.218. The minimum absolute atomic E-state index is 0.000995. The monoisotopic (exact) mass is 374 g/mol. The number of nitrogen functional groups attached to an aromatic ring is 2. The van der Waals surface area contributed by atoms with E-state index in [4.69, 9.17) is 11.5 Å². The van der Waals surface area contributed by atoms with Gasteiger partial charge in [-0.15, -0.1) is 11.3 Å². The molecular formula is C20H10N2O4S. The molecular weight excluding hydrogens is 364 g/mol. The first-order valence-corrected chi connectivity index (χ1v) is 8.84. The van der Waals surface area contributed by atoms with Gasteiger partial charge in [-0.2, -0.15) is 0 Å². The van der Waals surface area contributed by atoms with Gasteiger partial charge in [0, 0.05) is 32.9 Å². The molecule has 0 spiro atoms. The Bertz CT molecular complexity index is 1680. The molecule has 130 valence electrons. The van der Waals surface area contributed by atoms with Crippen molar-refractivity contribution in [2.75, 3.05) is 11.5 Å². The average molecular weight is 374 g/mol. The van der Waals surface area contributed by atoms with Crippen LogP contribution in [0.2, 0.25) is 0 Å². The first-order chi connectivity index (χ1) is 12.9. The molecule has 0 aliphatic carbocycles. The molecule has 0 fully saturated rings. The molecule has 0 atom stereocenters. The maximum Gasteiger partial charge on any atom is 0.204 e. The van der Waals surface area contributed by atoms with Gasteiger partial charge in [0.2, 0.25) is 10.9 Å². The predicted octanol–water partition coefficient (Wildman–Crippen LogP) is 1.84. The lowest BCUT2D eigenvalue weighted by Gasteiger charge is -2.00. The van der Waals surface area contributed by atoms with Crippen molar-refractivity contribution in [2.45, 2.75) is 0 Å². The van der Waals surface area contributed by atoms with Gasteiger partial charge in [-0.05, 0) is 36.4 Å². The molecule has 1 aromatic heterocycles. The van der Waals surface area contributed by atoms with Crippen LogP contribution in [0, 0.1) is 0 Å². The summed E-state index contributed by atoms with van der Waals surface area (Å²) in [6.07, 6.45) is 0. The van der Waals surface area contributed by atoms with Crippen molar-refractivity contribution in [3.63, 3.8) is 0 Å². The molecule has 0 amide bonds. The number of benzene rings is 4. The molecule has 0 bridgehead atoms. The van der Waals surface area contributed by atoms with E-state index in [1.54, 1.807) is 0 Å². The second-order valence-electron chi connectivity index (χ2n) is 6.44. The van der Waals surface area contributed by atoms with Crippen LogP contribution >= 0.6 is 11.3 Å². The highest BCUT2D eigenvalue weighted by Crippen LogP contribution is 2.29. The Morgan fingerprint density at radius 3 is 1.52 bits per heavy atom. The van der Waals surface area contributed by atoms with Crippen molar-refractivity contribution in [2.24, 2.45) is 0 Å². The number of fused-ring (bicyclic) bond motifs is 5. The number of hydrogen-bond acceptors (Lipinski definition) is 7. The number of hydrogen-bond donors (Lipinski definition) is 2. The van der Waals surface area contributed by atoms with Crippen molar-refractivity contribution in [1.29, 1.82) is 0 Å². The predicted molar refractivity (Wildman–Crippen MR) is 111 cm³/mol. The normalized spacial score (nSPS) is 11.9. The molecule has 4 aromatic carbocycles. The third-order valence-electron chi connectivity index (χ3n) is 4.84. The first-order valence-electron chi connectivity index (χ1n) is 8.03. The van der Waals surface area contributed by atoms with Gasteiger partial charge in [0.1, 0.15) is 0 Å². The molecule has 0 unspecified atom stereocenters. The largest absolute Gasteiger partial charge is 0.399 e. The number of rotatable bonds is 0. The van der Waals surface area contributed by atoms with Crippen LogP contribution in [0.3, 0.4) is 0 Å². The summed E-state index contributed by atoms with van der Waals surface area (Å²) in [4.78, 5) is 51.9. The van der Waals surface area contributed by atoms with Gasteiger partial charge in [0.15, 0.2) is 10.9 Å². The summed E-state index contributed by atoms with van der Waals surface area (Å²) in [6.45, 7) is 0. The van der Waals surface area contributed by atoms with E-state index in [0.717, 1.165) is 11.3 Å². The maximum atomic E-state index is 13.1. The van der Waals surface area contributed by atoms with Gasteiger partial charge in [0.05, 0.1) is 20.2 Å². The number of nitrogens with two attached hydrogens (primary N) is 2. The quantitative estimate of drug-likeness (QED) is 0.399. The third-order valence-corrected chi connectivity index (χ3v) is 6.03. The summed E-state index contributed by atoms with van der Waals surface area (Å²) in [6, 6.07) is 8.89. The van der Waals surface area contributed by atoms with Gasteiger partial charge in [-0.25, -0.2) is 0 Å². The van der Waals surface area contributed by atoms with Crippen molar-refractivity contribution >= 4 is 64.4 Å². The van der Waals surface area contributed by atoms with Crippen molar-refractivity contribution in [3.05, 3.63) is 77.3 Å². The standard InChI is InChI=1S/C20H10N2O4S/c21-7-2-4-10-11(5-7)16(24)14-13-15(23)9-3-1-8(22)6-12(9)18(26)20(13)27-19(14)17(10)25/h1-6H,21-22H2. The Morgan fingerprint density at radius 1 is 0.556 bits per heavy atom. The molecule has 27 heavy (non-hydrogen) atoms. The van der Waals surface area contributed by atoms with Crippen LogP contribution < -0.4 is 33.2 Å². The number of anilines is 2. The molecule has 4 N–H and O–H groups in total. The van der Waals surface area contributed by atoms with E-state index >= 15 is 0 Å². The molecule has 0 radical (unpaired) electrons. The fourth-order valence-corrected chi connectivity index (χ4v) is 4.80. The minimum Gasteiger partial charge on any atom is -0.399 e. The Kier molecular flexibility index (Phi) is 2.89. The van der Waals surface area contributed by atoms with Gasteiger partial charge in [0.25, 0.3) is 0 Å². The molecule has 0 aliphatic rings. The fourth-order valence-electron chi connectivity index (χ4n) is 3.59. The topological polar surface area (TPSA) is 120 Å². The van der Waals surface area contributed by atoms with Crippen molar-refractivity contribution in [3.8, 4) is 0 Å². The van der Waals surface area contributed by atoms with Gasteiger partial charge in [-0.1, -0.05) is 0 Å². The van der Waals surface area contributed by atoms with E-state index in [9.17, 15) is 19.2 Å². The van der Waals surface area contributed by atoms with Crippen molar-refractivity contribution < 1.29 is 0 Å². The zero-order chi connectivity index (χ0) is 19.0. The molecule has 6 nitrogen and oxygen atoms in total. The van der Waals surface area contributed by atoms with Crippen molar-refractivity contribution in [1.82, 2.24) is 0 Å². The molecule has 1 heterocycles. The summed E-state index contributed by atoms with van der Waals surface area (Å²) >= 11 is 0.886. The molecule has 7 heteroatoms. The minimum atomic E-state index is -0.468. The molecule has 5 rings (SSSR count). The van der Waals surface area contributed by atoms with Crippen LogP contribution in [0.25, 0.3) is 41.7 Å². The van der Waals surface area contributed by atoms with Gasteiger partial charge >= 0.3 is 0 Å². The lowest BCUT2D eigenvalue weighted by Crippen LogP contribution is -2.15. The second kappa shape index (κ2) is 4.99. The summed E-state index contributed by atoms with van der Waals surface area (Å²) in [5.74, 6) is 0. The Morgan fingerprint density at radius 2 is 0.963 bits per heavy atom. The van der Waals surface area contributed by atoms with Crippen LogP contribution in [-0.2, 0) is 0 Å². The van der Waals surface area contributed by atoms with E-state index in [-0.39, 0.29) is 47.1 Å². The first kappa shape index (κ1) is 15.7. The average Bonchev–Trinajstić information content (AvgIpc) is 3.05. The Balaban J connectivity index is 2.20. The molecule has 0 saturated carbocycles. The second-order valence-corrected chi connectivity index (χ2v) is 7.46. The van der Waals surface area contributed by atoms with Gasteiger partial charge < -0.3 is 11.5 Å². The Labute approximate surface area is 153 Å². The summed E-state index contributed by atoms with van der Waals surface area (Å²) in [5, 5.41) is 0.745. The lowest BCUT2D eigenvalue weighted by molar-refractivity contribution is 1.67. The highest BCUT2D eigenvalue weighted by molar-refractivity contribution is 7.25. The highest BCUT2D eigenvalue weighted by atomic mass is 32.1. The molecule has 5 aromatic rings. The smallest absolute Gasteiger partial charge is 0.204 e. The van der Waals surface area contributed by atoms with Crippen LogP contribution in [0.4, 0.5) is 11.4 Å². The zero-order valence-corrected chi connectivity index (χ0v) is 14.5. The fraction of sp³-hybridized carbons (Fsp3) is 0. The molecule has 0 saturated heterocycles. The van der Waals surface area contributed by atoms with Gasteiger partial charge in [-0.3, -0.25) is 19.2 Å². The van der Waals surface area contributed by atoms with Crippen LogP contribution in [0.5, 0.6) is 0 Å².